The fourth-order valence-electron chi connectivity index (χ4n) is 2.09. The van der Waals surface area contributed by atoms with Gasteiger partial charge in [-0.2, -0.15) is 4.98 Å². The molecule has 0 aliphatic heterocycles. The first-order valence-corrected chi connectivity index (χ1v) is 8.10. The van der Waals surface area contributed by atoms with E-state index < -0.39 is 16.6 Å². The molecule has 1 aromatic heterocycles. The minimum atomic E-state index is -0.569. The zero-order valence-corrected chi connectivity index (χ0v) is 15.4. The SMILES string of the molecule is C[C@H](Cc1noc(-c2ccc([N+](=O)[O-])cc2)n1)N(C)C(=O)OC(C)(C)C. The van der Waals surface area contributed by atoms with Crippen LogP contribution in [0.15, 0.2) is 28.8 Å². The number of ether oxygens (including phenoxy) is 1. The van der Waals surface area contributed by atoms with E-state index in [2.05, 4.69) is 10.1 Å². The molecule has 2 aromatic rings. The lowest BCUT2D eigenvalue weighted by atomic mass is 10.2. The Bertz CT molecular complexity index is 779. The number of non-ortho nitro benzene ring substituents is 1. The van der Waals surface area contributed by atoms with Crippen molar-refractivity contribution < 1.29 is 19.0 Å². The van der Waals surface area contributed by atoms with Crippen LogP contribution >= 0.6 is 0 Å². The first-order chi connectivity index (χ1) is 12.1. The van der Waals surface area contributed by atoms with Crippen molar-refractivity contribution in [2.24, 2.45) is 0 Å². The van der Waals surface area contributed by atoms with E-state index in [0.29, 0.717) is 17.8 Å². The predicted molar refractivity (Wildman–Crippen MR) is 93.6 cm³/mol. The molecule has 26 heavy (non-hydrogen) atoms. The molecule has 0 fully saturated rings. The number of rotatable bonds is 5. The molecule has 0 bridgehead atoms. The number of carbonyl (C=O) groups excluding carboxylic acids is 1. The number of nitrogens with zero attached hydrogens (tertiary/aromatic N) is 4. The predicted octanol–water partition coefficient (Wildman–Crippen LogP) is 3.44. The first-order valence-electron chi connectivity index (χ1n) is 8.10. The highest BCUT2D eigenvalue weighted by Crippen LogP contribution is 2.21. The Morgan fingerprint density at radius 3 is 2.50 bits per heavy atom. The number of carbonyl (C=O) groups is 1. The molecule has 1 amide bonds. The van der Waals surface area contributed by atoms with Crippen LogP contribution < -0.4 is 0 Å². The highest BCUT2D eigenvalue weighted by atomic mass is 16.6. The van der Waals surface area contributed by atoms with Crippen molar-refractivity contribution in [3.63, 3.8) is 0 Å². The zero-order valence-electron chi connectivity index (χ0n) is 15.4. The molecule has 0 radical (unpaired) electrons. The van der Waals surface area contributed by atoms with Crippen LogP contribution in [0, 0.1) is 10.1 Å². The maximum absolute atomic E-state index is 12.1. The van der Waals surface area contributed by atoms with Crippen molar-refractivity contribution >= 4 is 11.8 Å². The van der Waals surface area contributed by atoms with Crippen molar-refractivity contribution in [2.75, 3.05) is 7.05 Å². The molecular formula is C17H22N4O5. The van der Waals surface area contributed by atoms with Crippen LogP contribution in [0.2, 0.25) is 0 Å². The summed E-state index contributed by atoms with van der Waals surface area (Å²) in [6.45, 7) is 7.27. The van der Waals surface area contributed by atoms with E-state index in [-0.39, 0.29) is 17.6 Å². The summed E-state index contributed by atoms with van der Waals surface area (Å²) in [6.07, 6.45) is -0.0456. The standard InChI is InChI=1S/C17H22N4O5/c1-11(20(5)16(22)25-17(2,3)4)10-14-18-15(26-19-14)12-6-8-13(9-7-12)21(23)24/h6-9,11H,10H2,1-5H3/t11-/m1/s1. The highest BCUT2D eigenvalue weighted by molar-refractivity contribution is 5.68. The molecule has 0 N–H and O–H groups in total. The van der Waals surface area contributed by atoms with Crippen molar-refractivity contribution in [3.05, 3.63) is 40.2 Å². The van der Waals surface area contributed by atoms with Gasteiger partial charge in [0.05, 0.1) is 4.92 Å². The van der Waals surface area contributed by atoms with Gasteiger partial charge in [-0.3, -0.25) is 10.1 Å². The van der Waals surface area contributed by atoms with E-state index in [1.54, 1.807) is 40.0 Å². The van der Waals surface area contributed by atoms with E-state index in [0.717, 1.165) is 0 Å². The Balaban J connectivity index is 2.03. The maximum atomic E-state index is 12.1. The average molecular weight is 362 g/mol. The molecule has 0 saturated heterocycles. The number of aromatic nitrogens is 2. The fourth-order valence-corrected chi connectivity index (χ4v) is 2.09. The van der Waals surface area contributed by atoms with E-state index in [9.17, 15) is 14.9 Å². The molecule has 1 aromatic carbocycles. The van der Waals surface area contributed by atoms with Gasteiger partial charge in [-0.1, -0.05) is 5.16 Å². The molecule has 1 heterocycles. The molecule has 0 aliphatic rings. The van der Waals surface area contributed by atoms with E-state index in [4.69, 9.17) is 9.26 Å². The number of amides is 1. The third-order valence-corrected chi connectivity index (χ3v) is 3.61. The Labute approximate surface area is 151 Å². The van der Waals surface area contributed by atoms with Crippen molar-refractivity contribution in [1.29, 1.82) is 0 Å². The van der Waals surface area contributed by atoms with Crippen LogP contribution in [0.4, 0.5) is 10.5 Å². The number of likely N-dealkylation sites (N-methyl/N-ethyl adjacent to an activating group) is 1. The number of nitro benzene ring substituents is 1. The van der Waals surface area contributed by atoms with Gasteiger partial charge in [0.25, 0.3) is 11.6 Å². The molecular weight excluding hydrogens is 340 g/mol. The molecule has 9 nitrogen and oxygen atoms in total. The molecule has 0 saturated carbocycles. The normalized spacial score (nSPS) is 12.5. The zero-order chi connectivity index (χ0) is 19.5. The average Bonchev–Trinajstić information content (AvgIpc) is 3.01. The van der Waals surface area contributed by atoms with Crippen LogP contribution in [0.25, 0.3) is 11.5 Å². The smallest absolute Gasteiger partial charge is 0.410 e. The summed E-state index contributed by atoms with van der Waals surface area (Å²) in [6, 6.07) is 5.64. The second-order valence-corrected chi connectivity index (χ2v) is 6.96. The van der Waals surface area contributed by atoms with E-state index >= 15 is 0 Å². The summed E-state index contributed by atoms with van der Waals surface area (Å²) in [5.74, 6) is 0.697. The molecule has 1 atom stereocenters. The van der Waals surface area contributed by atoms with Crippen LogP contribution in [-0.4, -0.2) is 44.7 Å². The summed E-state index contributed by atoms with van der Waals surface area (Å²) < 4.78 is 10.5. The second-order valence-electron chi connectivity index (χ2n) is 6.96. The molecule has 9 heteroatoms. The van der Waals surface area contributed by atoms with Gasteiger partial charge >= 0.3 is 6.09 Å². The Hall–Kier alpha value is -2.97. The van der Waals surface area contributed by atoms with Gasteiger partial charge < -0.3 is 14.2 Å². The van der Waals surface area contributed by atoms with Gasteiger partial charge in [-0.15, -0.1) is 0 Å². The number of nitro groups is 1. The van der Waals surface area contributed by atoms with Crippen molar-refractivity contribution in [3.8, 4) is 11.5 Å². The summed E-state index contributed by atoms with van der Waals surface area (Å²) in [5.41, 5.74) is 0.00362. The monoisotopic (exact) mass is 362 g/mol. The quantitative estimate of drug-likeness (QED) is 0.591. The maximum Gasteiger partial charge on any atom is 0.410 e. The number of hydrogen-bond acceptors (Lipinski definition) is 7. The van der Waals surface area contributed by atoms with Crippen LogP contribution in [0.1, 0.15) is 33.5 Å². The fraction of sp³-hybridized carbons (Fsp3) is 0.471. The minimum Gasteiger partial charge on any atom is -0.444 e. The van der Waals surface area contributed by atoms with Crippen molar-refractivity contribution in [2.45, 2.75) is 45.8 Å². The number of benzene rings is 1. The second kappa shape index (κ2) is 7.51. The summed E-state index contributed by atoms with van der Waals surface area (Å²) in [7, 11) is 1.65. The van der Waals surface area contributed by atoms with Crippen LogP contribution in [0.3, 0.4) is 0 Å². The Morgan fingerprint density at radius 2 is 1.96 bits per heavy atom. The minimum absolute atomic E-state index is 0.0129. The van der Waals surface area contributed by atoms with E-state index in [1.807, 2.05) is 6.92 Å². The van der Waals surface area contributed by atoms with Crippen LogP contribution in [0.5, 0.6) is 0 Å². The first kappa shape index (κ1) is 19.4. The van der Waals surface area contributed by atoms with E-state index in [1.165, 1.54) is 17.0 Å². The largest absolute Gasteiger partial charge is 0.444 e. The lowest BCUT2D eigenvalue weighted by molar-refractivity contribution is -0.384. The van der Waals surface area contributed by atoms with Gasteiger partial charge in [0.15, 0.2) is 5.82 Å². The van der Waals surface area contributed by atoms with Gasteiger partial charge in [0.1, 0.15) is 5.60 Å². The highest BCUT2D eigenvalue weighted by Gasteiger charge is 2.24. The molecule has 140 valence electrons. The molecule has 0 unspecified atom stereocenters. The number of hydrogen-bond donors (Lipinski definition) is 0. The van der Waals surface area contributed by atoms with Gasteiger partial charge in [-0.25, -0.2) is 4.79 Å². The Kier molecular flexibility index (Phi) is 5.59. The lowest BCUT2D eigenvalue weighted by Crippen LogP contribution is -2.40. The van der Waals surface area contributed by atoms with Gasteiger partial charge in [-0.05, 0) is 39.8 Å². The summed E-state index contributed by atoms with van der Waals surface area (Å²) >= 11 is 0. The summed E-state index contributed by atoms with van der Waals surface area (Å²) in [5, 5.41) is 14.6. The molecule has 0 aliphatic carbocycles. The van der Waals surface area contributed by atoms with Crippen LogP contribution in [-0.2, 0) is 11.2 Å². The third-order valence-electron chi connectivity index (χ3n) is 3.61. The van der Waals surface area contributed by atoms with Crippen molar-refractivity contribution in [1.82, 2.24) is 15.0 Å². The molecule has 2 rings (SSSR count). The Morgan fingerprint density at radius 1 is 1.35 bits per heavy atom. The lowest BCUT2D eigenvalue weighted by Gasteiger charge is -2.28. The van der Waals surface area contributed by atoms with Gasteiger partial charge in [0.2, 0.25) is 0 Å². The topological polar surface area (TPSA) is 112 Å². The summed E-state index contributed by atoms with van der Waals surface area (Å²) in [4.78, 5) is 28.1. The third kappa shape index (κ3) is 5.01. The van der Waals surface area contributed by atoms with Gasteiger partial charge in [0, 0.05) is 37.2 Å². The molecule has 0 spiro atoms.